The second kappa shape index (κ2) is 4.35. The van der Waals surface area contributed by atoms with Crippen LogP contribution >= 0.6 is 11.5 Å². The van der Waals surface area contributed by atoms with Crippen LogP contribution in [0.3, 0.4) is 0 Å². The van der Waals surface area contributed by atoms with E-state index in [1.54, 1.807) is 0 Å². The molecule has 0 aromatic carbocycles. The zero-order chi connectivity index (χ0) is 9.97. The molecule has 1 aromatic rings. The van der Waals surface area contributed by atoms with Crippen LogP contribution in [0.2, 0.25) is 0 Å². The summed E-state index contributed by atoms with van der Waals surface area (Å²) in [5, 5.41) is 0. The first-order valence-corrected chi connectivity index (χ1v) is 5.43. The van der Waals surface area contributed by atoms with Crippen molar-refractivity contribution >= 4 is 11.5 Å². The van der Waals surface area contributed by atoms with Crippen LogP contribution in [0.4, 0.5) is 0 Å². The largest absolute Gasteiger partial charge is 0.376 e. The Hall–Kier alpha value is -0.490. The second-order valence-electron chi connectivity index (χ2n) is 3.38. The summed E-state index contributed by atoms with van der Waals surface area (Å²) < 4.78 is 15.0. The second-order valence-corrected chi connectivity index (χ2v) is 4.22. The van der Waals surface area contributed by atoms with Crippen LogP contribution in [0.25, 0.3) is 0 Å². The molecule has 2 heterocycles. The molecule has 2 N–H and O–H groups in total. The van der Waals surface area contributed by atoms with Gasteiger partial charge in [-0.05, 0) is 24.5 Å². The van der Waals surface area contributed by atoms with Crippen molar-refractivity contribution in [3.8, 4) is 0 Å². The molecule has 1 saturated heterocycles. The van der Waals surface area contributed by atoms with Gasteiger partial charge in [0, 0.05) is 4.88 Å². The summed E-state index contributed by atoms with van der Waals surface area (Å²) in [5.74, 6) is 0. The number of aryl methyl sites for hydroxylation is 1. The van der Waals surface area contributed by atoms with E-state index in [0.29, 0.717) is 19.8 Å². The maximum Gasteiger partial charge on any atom is 0.101 e. The van der Waals surface area contributed by atoms with Gasteiger partial charge >= 0.3 is 0 Å². The normalized spacial score (nSPS) is 24.9. The summed E-state index contributed by atoms with van der Waals surface area (Å²) in [5.41, 5.74) is 7.06. The lowest BCUT2D eigenvalue weighted by atomic mass is 10.1. The molecule has 0 bridgehead atoms. The monoisotopic (exact) mass is 214 g/mol. The van der Waals surface area contributed by atoms with E-state index >= 15 is 0 Å². The number of rotatable bonds is 2. The Balaban J connectivity index is 2.03. The van der Waals surface area contributed by atoms with Gasteiger partial charge in [0.05, 0.1) is 31.6 Å². The Bertz CT molecular complexity index is 297. The maximum atomic E-state index is 6.05. The lowest BCUT2D eigenvalue weighted by molar-refractivity contribution is -0.0971. The van der Waals surface area contributed by atoms with Gasteiger partial charge in [-0.25, -0.2) is 0 Å². The van der Waals surface area contributed by atoms with Crippen LogP contribution in [0, 0.1) is 6.92 Å². The topological polar surface area (TPSA) is 57.4 Å². The molecule has 14 heavy (non-hydrogen) atoms. The molecule has 1 aliphatic heterocycles. The first kappa shape index (κ1) is 10.0. The maximum absolute atomic E-state index is 6.05. The minimum atomic E-state index is -0.110. The number of hydrogen-bond acceptors (Lipinski definition) is 5. The summed E-state index contributed by atoms with van der Waals surface area (Å²) >= 11 is 1.44. The molecule has 78 valence electrons. The van der Waals surface area contributed by atoms with Gasteiger partial charge < -0.3 is 15.2 Å². The van der Waals surface area contributed by atoms with Crippen molar-refractivity contribution in [3.05, 3.63) is 16.6 Å². The van der Waals surface area contributed by atoms with Crippen LogP contribution in [-0.4, -0.2) is 30.3 Å². The van der Waals surface area contributed by atoms with Crippen molar-refractivity contribution in [2.24, 2.45) is 5.73 Å². The molecule has 2 rings (SSSR count). The van der Waals surface area contributed by atoms with Crippen LogP contribution in [0.15, 0.2) is 6.07 Å². The zero-order valence-corrected chi connectivity index (χ0v) is 8.92. The minimum Gasteiger partial charge on any atom is -0.376 e. The minimum absolute atomic E-state index is 0.0244. The van der Waals surface area contributed by atoms with E-state index in [9.17, 15) is 0 Å². The molecular weight excluding hydrogens is 200 g/mol. The Morgan fingerprint density at radius 1 is 1.64 bits per heavy atom. The fourth-order valence-electron chi connectivity index (χ4n) is 1.44. The van der Waals surface area contributed by atoms with Crippen molar-refractivity contribution in [1.29, 1.82) is 0 Å². The summed E-state index contributed by atoms with van der Waals surface area (Å²) in [6, 6.07) is 1.90. The van der Waals surface area contributed by atoms with E-state index < -0.39 is 0 Å². The molecule has 0 radical (unpaired) electrons. The molecule has 1 aliphatic rings. The lowest BCUT2D eigenvalue weighted by Crippen LogP contribution is -2.37. The molecule has 0 spiro atoms. The predicted molar refractivity (Wildman–Crippen MR) is 54.3 cm³/mol. The number of nitrogens with zero attached hydrogens (tertiary/aromatic N) is 1. The molecule has 5 heteroatoms. The summed E-state index contributed by atoms with van der Waals surface area (Å²) in [6.07, 6.45) is -0.0244. The molecule has 0 amide bonds. The molecule has 2 atom stereocenters. The summed E-state index contributed by atoms with van der Waals surface area (Å²) in [6.45, 7) is 3.85. The average Bonchev–Trinajstić information content (AvgIpc) is 2.65. The Kier molecular flexibility index (Phi) is 3.12. The molecule has 1 aromatic heterocycles. The fraction of sp³-hybridized carbons (Fsp3) is 0.667. The van der Waals surface area contributed by atoms with E-state index in [-0.39, 0.29) is 12.1 Å². The van der Waals surface area contributed by atoms with E-state index in [4.69, 9.17) is 15.2 Å². The third-order valence-corrected chi connectivity index (χ3v) is 3.20. The van der Waals surface area contributed by atoms with Gasteiger partial charge in [-0.2, -0.15) is 4.37 Å². The van der Waals surface area contributed by atoms with E-state index in [1.807, 2.05) is 13.0 Å². The molecule has 1 fully saturated rings. The Labute approximate surface area is 87.2 Å². The van der Waals surface area contributed by atoms with E-state index in [1.165, 1.54) is 11.5 Å². The highest BCUT2D eigenvalue weighted by molar-refractivity contribution is 7.05. The number of nitrogens with two attached hydrogens (primary N) is 1. The summed E-state index contributed by atoms with van der Waals surface area (Å²) in [4.78, 5) is 1.07. The average molecular weight is 214 g/mol. The lowest BCUT2D eigenvalue weighted by Gasteiger charge is -2.27. The van der Waals surface area contributed by atoms with Gasteiger partial charge in [-0.15, -0.1) is 0 Å². The van der Waals surface area contributed by atoms with Crippen molar-refractivity contribution in [1.82, 2.24) is 4.37 Å². The number of aromatic nitrogens is 1. The van der Waals surface area contributed by atoms with E-state index in [2.05, 4.69) is 4.37 Å². The van der Waals surface area contributed by atoms with Gasteiger partial charge in [0.1, 0.15) is 6.10 Å². The highest BCUT2D eigenvalue weighted by Gasteiger charge is 2.24. The molecule has 2 unspecified atom stereocenters. The number of hydrogen-bond donors (Lipinski definition) is 1. The molecule has 0 aliphatic carbocycles. The quantitative estimate of drug-likeness (QED) is 0.793. The van der Waals surface area contributed by atoms with Crippen LogP contribution in [0.5, 0.6) is 0 Å². The first-order chi connectivity index (χ1) is 6.77. The van der Waals surface area contributed by atoms with Gasteiger partial charge in [0.15, 0.2) is 0 Å². The Morgan fingerprint density at radius 3 is 3.07 bits per heavy atom. The van der Waals surface area contributed by atoms with E-state index in [0.717, 1.165) is 10.6 Å². The summed E-state index contributed by atoms with van der Waals surface area (Å²) in [7, 11) is 0. The van der Waals surface area contributed by atoms with Crippen molar-refractivity contribution in [3.63, 3.8) is 0 Å². The molecule has 0 saturated carbocycles. The van der Waals surface area contributed by atoms with Crippen LogP contribution in [0.1, 0.15) is 16.6 Å². The van der Waals surface area contributed by atoms with Crippen LogP contribution in [-0.2, 0) is 9.47 Å². The highest BCUT2D eigenvalue weighted by atomic mass is 32.1. The standard InChI is InChI=1S/C9H14N2O2S/c1-6-4-8(14-11-6)9(10)7-5-12-2-3-13-7/h4,7,9H,2-3,5,10H2,1H3. The SMILES string of the molecule is Cc1cc(C(N)C2COCCO2)sn1. The van der Waals surface area contributed by atoms with Gasteiger partial charge in [0.2, 0.25) is 0 Å². The van der Waals surface area contributed by atoms with Crippen molar-refractivity contribution < 1.29 is 9.47 Å². The predicted octanol–water partition coefficient (Wildman–Crippen LogP) is 0.867. The third kappa shape index (κ3) is 2.12. The third-order valence-electron chi connectivity index (χ3n) is 2.22. The van der Waals surface area contributed by atoms with Gasteiger partial charge in [0.25, 0.3) is 0 Å². The highest BCUT2D eigenvalue weighted by Crippen LogP contribution is 2.23. The smallest absolute Gasteiger partial charge is 0.101 e. The van der Waals surface area contributed by atoms with Gasteiger partial charge in [-0.3, -0.25) is 0 Å². The molecule has 4 nitrogen and oxygen atoms in total. The van der Waals surface area contributed by atoms with Gasteiger partial charge in [-0.1, -0.05) is 0 Å². The van der Waals surface area contributed by atoms with Crippen molar-refractivity contribution in [2.45, 2.75) is 19.1 Å². The van der Waals surface area contributed by atoms with Crippen molar-refractivity contribution in [2.75, 3.05) is 19.8 Å². The number of ether oxygens (including phenoxy) is 2. The van der Waals surface area contributed by atoms with Crippen LogP contribution < -0.4 is 5.73 Å². The first-order valence-electron chi connectivity index (χ1n) is 4.65. The fourth-order valence-corrected chi connectivity index (χ4v) is 2.24. The zero-order valence-electron chi connectivity index (χ0n) is 8.10. The molecular formula is C9H14N2O2S. The Morgan fingerprint density at radius 2 is 2.50 bits per heavy atom.